The first-order valence-corrected chi connectivity index (χ1v) is 9.94. The van der Waals surface area contributed by atoms with Crippen LogP contribution >= 0.6 is 0 Å². The summed E-state index contributed by atoms with van der Waals surface area (Å²) in [4.78, 5) is 28.9. The maximum atomic E-state index is 12.4. The molecule has 1 aromatic carbocycles. The van der Waals surface area contributed by atoms with Crippen LogP contribution in [0, 0.1) is 0 Å². The molecule has 1 fully saturated rings. The molecule has 4 rings (SSSR count). The van der Waals surface area contributed by atoms with E-state index in [0.717, 1.165) is 13.0 Å². The van der Waals surface area contributed by atoms with Gasteiger partial charge >= 0.3 is 0 Å². The number of anilines is 3. The van der Waals surface area contributed by atoms with Crippen molar-refractivity contribution in [1.29, 1.82) is 0 Å². The highest BCUT2D eigenvalue weighted by Gasteiger charge is 2.25. The van der Waals surface area contributed by atoms with Crippen LogP contribution in [0.1, 0.15) is 16.9 Å². The molecule has 32 heavy (non-hydrogen) atoms. The van der Waals surface area contributed by atoms with E-state index in [1.54, 1.807) is 30.2 Å². The van der Waals surface area contributed by atoms with E-state index in [1.165, 1.54) is 14.2 Å². The first-order valence-electron chi connectivity index (χ1n) is 9.94. The van der Waals surface area contributed by atoms with Gasteiger partial charge in [-0.05, 0) is 25.1 Å². The molecule has 1 saturated heterocycles. The smallest absolute Gasteiger partial charge is 0.273 e. The third kappa shape index (κ3) is 4.21. The Morgan fingerprint density at radius 1 is 1.25 bits per heavy atom. The Morgan fingerprint density at radius 2 is 2.06 bits per heavy atom. The second-order valence-corrected chi connectivity index (χ2v) is 7.11. The van der Waals surface area contributed by atoms with E-state index in [1.807, 2.05) is 12.1 Å². The molecule has 1 atom stereocenters. The summed E-state index contributed by atoms with van der Waals surface area (Å²) < 4.78 is 7.22. The van der Waals surface area contributed by atoms with E-state index >= 15 is 0 Å². The van der Waals surface area contributed by atoms with Crippen LogP contribution in [0.2, 0.25) is 0 Å². The fourth-order valence-corrected chi connectivity index (χ4v) is 3.20. The molecule has 4 N–H and O–H groups in total. The van der Waals surface area contributed by atoms with Gasteiger partial charge < -0.3 is 26.0 Å². The molecule has 1 aliphatic rings. The van der Waals surface area contributed by atoms with Crippen molar-refractivity contribution in [2.75, 3.05) is 31.3 Å². The molecule has 3 heterocycles. The molecule has 12 nitrogen and oxygen atoms in total. The molecule has 2 aromatic heterocycles. The Hall–Kier alpha value is -4.06. The van der Waals surface area contributed by atoms with Gasteiger partial charge in [0.1, 0.15) is 6.33 Å². The lowest BCUT2D eigenvalue weighted by Gasteiger charge is -2.26. The summed E-state index contributed by atoms with van der Waals surface area (Å²) in [6.45, 7) is 0.799. The zero-order chi connectivity index (χ0) is 22.7. The Labute approximate surface area is 183 Å². The molecule has 1 aliphatic heterocycles. The lowest BCUT2D eigenvalue weighted by molar-refractivity contribution is -0.119. The van der Waals surface area contributed by atoms with Gasteiger partial charge in [-0.3, -0.25) is 14.3 Å². The summed E-state index contributed by atoms with van der Waals surface area (Å²) in [7, 11) is 4.81. The fourth-order valence-electron chi connectivity index (χ4n) is 3.20. The van der Waals surface area contributed by atoms with Crippen LogP contribution in [0.15, 0.2) is 30.6 Å². The fraction of sp³-hybridized carbons (Fsp3) is 0.300. The average Bonchev–Trinajstić information content (AvgIpc) is 3.18. The van der Waals surface area contributed by atoms with Crippen LogP contribution in [0.3, 0.4) is 0 Å². The summed E-state index contributed by atoms with van der Waals surface area (Å²) in [6, 6.07) is 6.74. The Balaban J connectivity index is 1.69. The quantitative estimate of drug-likeness (QED) is 0.419. The number of para-hydroxylation sites is 1. The number of nitrogens with zero attached hydrogens (tertiary/aromatic N) is 5. The molecule has 0 radical (unpaired) electrons. The van der Waals surface area contributed by atoms with Gasteiger partial charge in [0.05, 0.1) is 30.1 Å². The predicted octanol–water partition coefficient (Wildman–Crippen LogP) is 0.684. The topological polar surface area (TPSA) is 148 Å². The minimum absolute atomic E-state index is 0.0654. The molecular formula is C20H23N9O3. The largest absolute Gasteiger partial charge is 0.494 e. The number of methoxy groups -OCH3 is 1. The molecule has 0 spiro atoms. The number of nitrogens with one attached hydrogen (secondary N) is 4. The SMILES string of the molecule is CNC(=O)c1nnc(NC(=O)C2CCN2)cc1Nc1cccc(-c2ncn(C)n2)c1OC. The van der Waals surface area contributed by atoms with Crippen LogP contribution < -0.4 is 26.0 Å². The summed E-state index contributed by atoms with van der Waals surface area (Å²) in [6.07, 6.45) is 2.35. The van der Waals surface area contributed by atoms with Crippen molar-refractivity contribution in [3.8, 4) is 17.1 Å². The van der Waals surface area contributed by atoms with E-state index in [-0.39, 0.29) is 23.5 Å². The number of carbonyl (C=O) groups is 2. The highest BCUT2D eigenvalue weighted by atomic mass is 16.5. The van der Waals surface area contributed by atoms with Crippen molar-refractivity contribution in [3.63, 3.8) is 0 Å². The van der Waals surface area contributed by atoms with Gasteiger partial charge in [0, 0.05) is 20.2 Å². The number of carbonyl (C=O) groups excluding carboxylic acids is 2. The molecular weight excluding hydrogens is 414 g/mol. The van der Waals surface area contributed by atoms with E-state index in [2.05, 4.69) is 41.5 Å². The van der Waals surface area contributed by atoms with Crippen LogP contribution in [-0.2, 0) is 11.8 Å². The van der Waals surface area contributed by atoms with Gasteiger partial charge in [0.2, 0.25) is 5.91 Å². The van der Waals surface area contributed by atoms with Crippen LogP contribution in [0.4, 0.5) is 17.2 Å². The lowest BCUT2D eigenvalue weighted by Crippen LogP contribution is -2.50. The Kier molecular flexibility index (Phi) is 5.94. The molecule has 0 saturated carbocycles. The lowest BCUT2D eigenvalue weighted by atomic mass is 10.1. The highest BCUT2D eigenvalue weighted by molar-refractivity contribution is 6.00. The van der Waals surface area contributed by atoms with Gasteiger partial charge in [0.25, 0.3) is 5.91 Å². The van der Waals surface area contributed by atoms with Crippen molar-refractivity contribution in [1.82, 2.24) is 35.6 Å². The number of benzene rings is 1. The van der Waals surface area contributed by atoms with Crippen molar-refractivity contribution in [2.24, 2.45) is 7.05 Å². The van der Waals surface area contributed by atoms with Crippen LogP contribution in [-0.4, -0.2) is 63.5 Å². The molecule has 1 unspecified atom stereocenters. The number of aryl methyl sites for hydroxylation is 1. The van der Waals surface area contributed by atoms with Gasteiger partial charge in [-0.25, -0.2) is 4.98 Å². The molecule has 2 amide bonds. The van der Waals surface area contributed by atoms with Gasteiger partial charge in [-0.1, -0.05) is 6.07 Å². The maximum absolute atomic E-state index is 12.4. The number of amides is 2. The van der Waals surface area contributed by atoms with E-state index in [0.29, 0.717) is 28.5 Å². The summed E-state index contributed by atoms with van der Waals surface area (Å²) in [5.41, 5.74) is 1.65. The summed E-state index contributed by atoms with van der Waals surface area (Å²) in [5, 5.41) is 23.8. The van der Waals surface area contributed by atoms with Gasteiger partial charge in [-0.15, -0.1) is 10.2 Å². The number of hydrogen-bond donors (Lipinski definition) is 4. The first kappa shape index (κ1) is 21.2. The van der Waals surface area contributed by atoms with Gasteiger partial charge in [0.15, 0.2) is 23.1 Å². The summed E-state index contributed by atoms with van der Waals surface area (Å²) in [5.74, 6) is 0.571. The first-order chi connectivity index (χ1) is 15.5. The van der Waals surface area contributed by atoms with E-state index in [9.17, 15) is 9.59 Å². The molecule has 0 aliphatic carbocycles. The number of aromatic nitrogens is 5. The van der Waals surface area contributed by atoms with Crippen LogP contribution in [0.25, 0.3) is 11.4 Å². The Morgan fingerprint density at radius 3 is 2.69 bits per heavy atom. The number of hydrogen-bond acceptors (Lipinski definition) is 9. The standard InChI is InChI=1S/C20H23N9O3/c1-21-20(31)16-14(9-15(26-27-16)25-19(30)13-7-8-22-13)24-12-6-4-5-11(17(12)32-3)18-23-10-29(2)28-18/h4-6,9-10,13,22H,7-8H2,1-3H3,(H,21,31)(H2,24,25,26,30). The minimum atomic E-state index is -0.431. The van der Waals surface area contributed by atoms with Crippen molar-refractivity contribution in [3.05, 3.63) is 36.3 Å². The van der Waals surface area contributed by atoms with Crippen molar-refractivity contribution >= 4 is 29.0 Å². The average molecular weight is 437 g/mol. The minimum Gasteiger partial charge on any atom is -0.494 e. The van der Waals surface area contributed by atoms with Crippen molar-refractivity contribution in [2.45, 2.75) is 12.5 Å². The molecule has 166 valence electrons. The highest BCUT2D eigenvalue weighted by Crippen LogP contribution is 2.37. The molecule has 12 heteroatoms. The number of ether oxygens (including phenoxy) is 1. The third-order valence-electron chi connectivity index (χ3n) is 4.96. The third-order valence-corrected chi connectivity index (χ3v) is 4.96. The zero-order valence-electron chi connectivity index (χ0n) is 17.8. The van der Waals surface area contributed by atoms with Crippen LogP contribution in [0.5, 0.6) is 5.75 Å². The molecule has 3 aromatic rings. The second kappa shape index (κ2) is 8.98. The zero-order valence-corrected chi connectivity index (χ0v) is 17.8. The van der Waals surface area contributed by atoms with E-state index in [4.69, 9.17) is 4.74 Å². The Bertz CT molecular complexity index is 1160. The molecule has 0 bridgehead atoms. The number of rotatable bonds is 7. The van der Waals surface area contributed by atoms with Crippen molar-refractivity contribution < 1.29 is 14.3 Å². The normalized spacial score (nSPS) is 14.9. The summed E-state index contributed by atoms with van der Waals surface area (Å²) >= 11 is 0. The second-order valence-electron chi connectivity index (χ2n) is 7.11. The van der Waals surface area contributed by atoms with E-state index < -0.39 is 5.91 Å². The monoisotopic (exact) mass is 437 g/mol. The maximum Gasteiger partial charge on any atom is 0.273 e. The van der Waals surface area contributed by atoms with Gasteiger partial charge in [-0.2, -0.15) is 5.10 Å². The predicted molar refractivity (Wildman–Crippen MR) is 117 cm³/mol.